The number of pyridine rings is 1. The Morgan fingerprint density at radius 2 is 1.35 bits per heavy atom. The summed E-state index contributed by atoms with van der Waals surface area (Å²) < 4.78 is 7.96. The van der Waals surface area contributed by atoms with Crippen molar-refractivity contribution in [2.24, 2.45) is 0 Å². The van der Waals surface area contributed by atoms with Crippen molar-refractivity contribution >= 4 is 65.0 Å². The maximum absolute atomic E-state index is 11.9. The van der Waals surface area contributed by atoms with Crippen LogP contribution in [0.2, 0.25) is 0 Å². The summed E-state index contributed by atoms with van der Waals surface area (Å²) in [6.07, 6.45) is 1.89. The lowest BCUT2D eigenvalue weighted by molar-refractivity contribution is 0.446. The number of para-hydroxylation sites is 1. The molecule has 10 rings (SSSR count). The molecule has 0 spiro atoms. The van der Waals surface area contributed by atoms with E-state index in [4.69, 9.17) is 14.4 Å². The van der Waals surface area contributed by atoms with Crippen LogP contribution in [0.1, 0.15) is 52.7 Å². The van der Waals surface area contributed by atoms with E-state index in [1.807, 2.05) is 12.3 Å². The highest BCUT2D eigenvalue weighted by molar-refractivity contribution is 7.21. The van der Waals surface area contributed by atoms with Crippen molar-refractivity contribution in [2.75, 3.05) is 0 Å². The molecule has 1 N–H and O–H groups in total. The summed E-state index contributed by atoms with van der Waals surface area (Å²) in [4.78, 5) is 10.3. The summed E-state index contributed by atoms with van der Waals surface area (Å²) in [6.45, 7) is 13.1. The van der Waals surface area contributed by atoms with E-state index in [1.165, 1.54) is 21.7 Å². The highest BCUT2D eigenvalue weighted by Crippen LogP contribution is 2.47. The molecule has 0 amide bonds. The van der Waals surface area contributed by atoms with Crippen LogP contribution in [0, 0.1) is 0 Å². The third kappa shape index (κ3) is 5.96. The van der Waals surface area contributed by atoms with Crippen LogP contribution in [-0.4, -0.2) is 15.1 Å². The van der Waals surface area contributed by atoms with Crippen molar-refractivity contribution < 1.29 is 9.52 Å². The molecule has 0 aliphatic rings. The molecule has 0 aliphatic heterocycles. The smallest absolute Gasteiger partial charge is 0.143 e. The fourth-order valence-electron chi connectivity index (χ4n) is 8.21. The number of hydrogen-bond donors (Lipinski definition) is 1. The zero-order valence-electron chi connectivity index (χ0n) is 32.9. The molecule has 0 bridgehead atoms. The van der Waals surface area contributed by atoms with Gasteiger partial charge in [-0.1, -0.05) is 126 Å². The molecule has 0 radical (unpaired) electrons. The number of phenols is 1. The number of benzene rings is 7. The Morgan fingerprint density at radius 3 is 2.16 bits per heavy atom. The molecule has 0 fully saturated rings. The van der Waals surface area contributed by atoms with Crippen LogP contribution in [0.25, 0.3) is 97.8 Å². The average molecular weight is 759 g/mol. The first-order valence-electron chi connectivity index (χ1n) is 19.5. The van der Waals surface area contributed by atoms with E-state index in [-0.39, 0.29) is 10.8 Å². The van der Waals surface area contributed by atoms with Gasteiger partial charge in [0.2, 0.25) is 0 Å². The molecule has 0 saturated heterocycles. The summed E-state index contributed by atoms with van der Waals surface area (Å²) >= 11 is 1.61. The minimum absolute atomic E-state index is 0.111. The van der Waals surface area contributed by atoms with E-state index in [9.17, 15) is 5.11 Å². The second kappa shape index (κ2) is 12.9. The minimum atomic E-state index is -0.252. The highest BCUT2D eigenvalue weighted by Gasteiger charge is 2.27. The average Bonchev–Trinajstić information content (AvgIpc) is 3.81. The van der Waals surface area contributed by atoms with Gasteiger partial charge >= 0.3 is 0 Å². The first-order valence-corrected chi connectivity index (χ1v) is 20.3. The van der Waals surface area contributed by atoms with Crippen LogP contribution in [0.5, 0.6) is 5.75 Å². The molecule has 0 saturated carbocycles. The summed E-state index contributed by atoms with van der Waals surface area (Å²) in [5.41, 5.74) is 11.1. The van der Waals surface area contributed by atoms with Crippen LogP contribution in [0.15, 0.2) is 144 Å². The number of fused-ring (bicyclic) bond motifs is 7. The lowest BCUT2D eigenvalue weighted by Crippen LogP contribution is -2.17. The second-order valence-corrected chi connectivity index (χ2v) is 18.3. The summed E-state index contributed by atoms with van der Waals surface area (Å²) in [6, 6.07) is 47.1. The van der Waals surface area contributed by atoms with Gasteiger partial charge in [0.25, 0.3) is 0 Å². The second-order valence-electron chi connectivity index (χ2n) is 17.2. The van der Waals surface area contributed by atoms with Crippen molar-refractivity contribution in [3.63, 3.8) is 0 Å². The number of aromatic hydroxyl groups is 1. The first-order chi connectivity index (χ1) is 27.4. The van der Waals surface area contributed by atoms with Crippen molar-refractivity contribution in [1.82, 2.24) is 9.97 Å². The number of thiazole rings is 1. The number of nitrogens with zero attached hydrogens (tertiary/aromatic N) is 2. The molecule has 278 valence electrons. The molecular formula is C52H42N2O2S. The van der Waals surface area contributed by atoms with Gasteiger partial charge in [0, 0.05) is 39.2 Å². The number of rotatable bonds is 4. The Morgan fingerprint density at radius 1 is 0.561 bits per heavy atom. The highest BCUT2D eigenvalue weighted by atomic mass is 32.1. The zero-order chi connectivity index (χ0) is 39.2. The number of aromatic nitrogens is 2. The Kier molecular flexibility index (Phi) is 7.93. The largest absolute Gasteiger partial charge is 0.507 e. The maximum atomic E-state index is 11.9. The maximum Gasteiger partial charge on any atom is 0.143 e. The third-order valence-corrected chi connectivity index (χ3v) is 12.4. The number of furan rings is 1. The molecule has 4 nitrogen and oxygen atoms in total. The van der Waals surface area contributed by atoms with Crippen molar-refractivity contribution in [1.29, 1.82) is 0 Å². The van der Waals surface area contributed by atoms with Gasteiger partial charge in [-0.05, 0) is 97.6 Å². The molecular weight excluding hydrogens is 717 g/mol. The summed E-state index contributed by atoms with van der Waals surface area (Å²) in [7, 11) is 0. The molecule has 0 unspecified atom stereocenters. The van der Waals surface area contributed by atoms with Crippen molar-refractivity contribution in [2.45, 2.75) is 52.4 Å². The predicted molar refractivity (Wildman–Crippen MR) is 241 cm³/mol. The summed E-state index contributed by atoms with van der Waals surface area (Å²) in [5.74, 6) is 0.293. The normalized spacial score (nSPS) is 12.5. The Balaban J connectivity index is 1.24. The SMILES string of the molecule is CC(C)(C)c1cc(-c2nc3c(-c4cc(-c5cc(-c6ccccc6)ccn5)cc5c4oc4cc6ccc7ccccc7c6cc45)cccc3s2)c(O)c(C(C)(C)C)c1. The quantitative estimate of drug-likeness (QED) is 0.182. The lowest BCUT2D eigenvalue weighted by Gasteiger charge is -2.27. The lowest BCUT2D eigenvalue weighted by atomic mass is 9.79. The van der Waals surface area contributed by atoms with Gasteiger partial charge in [-0.3, -0.25) is 4.98 Å². The fourth-order valence-corrected chi connectivity index (χ4v) is 9.22. The van der Waals surface area contributed by atoms with Crippen LogP contribution < -0.4 is 0 Å². The Hall–Kier alpha value is -6.30. The molecule has 0 aliphatic carbocycles. The van der Waals surface area contributed by atoms with Gasteiger partial charge in [-0.15, -0.1) is 11.3 Å². The van der Waals surface area contributed by atoms with Gasteiger partial charge < -0.3 is 9.52 Å². The van der Waals surface area contributed by atoms with E-state index in [1.54, 1.807) is 11.3 Å². The van der Waals surface area contributed by atoms with E-state index in [2.05, 4.69) is 169 Å². The molecule has 0 atom stereocenters. The summed E-state index contributed by atoms with van der Waals surface area (Å²) in [5, 5.41) is 19.5. The van der Waals surface area contributed by atoms with Gasteiger partial charge in [0.1, 0.15) is 21.9 Å². The monoisotopic (exact) mass is 758 g/mol. The molecule has 5 heteroatoms. The van der Waals surface area contributed by atoms with E-state index in [0.717, 1.165) is 87.2 Å². The van der Waals surface area contributed by atoms with Gasteiger partial charge in [0.15, 0.2) is 0 Å². The van der Waals surface area contributed by atoms with Gasteiger partial charge in [-0.25, -0.2) is 4.98 Å². The fraction of sp³-hybridized carbons (Fsp3) is 0.154. The Labute approximate surface area is 336 Å². The van der Waals surface area contributed by atoms with Gasteiger partial charge in [0.05, 0.1) is 21.5 Å². The third-order valence-electron chi connectivity index (χ3n) is 11.3. The zero-order valence-corrected chi connectivity index (χ0v) is 33.8. The van der Waals surface area contributed by atoms with Crippen molar-refractivity contribution in [3.8, 4) is 49.8 Å². The van der Waals surface area contributed by atoms with Crippen LogP contribution >= 0.6 is 11.3 Å². The Bertz CT molecular complexity index is 3210. The molecule has 10 aromatic rings. The van der Waals surface area contributed by atoms with Gasteiger partial charge in [-0.2, -0.15) is 0 Å². The first kappa shape index (κ1) is 35.1. The number of phenolic OH excluding ortho intramolecular Hbond substituents is 1. The van der Waals surface area contributed by atoms with Crippen LogP contribution in [-0.2, 0) is 10.8 Å². The topological polar surface area (TPSA) is 59.2 Å². The predicted octanol–water partition coefficient (Wildman–Crippen LogP) is 14.9. The van der Waals surface area contributed by atoms with E-state index >= 15 is 0 Å². The molecule has 3 aromatic heterocycles. The van der Waals surface area contributed by atoms with E-state index in [0.29, 0.717) is 5.75 Å². The number of hydrogen-bond acceptors (Lipinski definition) is 5. The molecule has 57 heavy (non-hydrogen) atoms. The standard InChI is InChI=1S/C52H42N2O2S/c1-51(2,3)35-27-42(48(55)43(28-35)52(4,5)6)50-54-47-37(17-12-18-46(47)57-50)40-23-34(44-25-32(21-22-53-44)30-13-8-7-9-14-30)24-41-39-29-38-33(26-45(39)56-49(40)41)20-19-31-15-10-11-16-36(31)38/h7-29,55H,1-6H3. The van der Waals surface area contributed by atoms with E-state index < -0.39 is 0 Å². The minimum Gasteiger partial charge on any atom is -0.507 e. The molecule has 3 heterocycles. The molecule has 7 aromatic carbocycles. The van der Waals surface area contributed by atoms with Crippen LogP contribution in [0.3, 0.4) is 0 Å². The van der Waals surface area contributed by atoms with Crippen LogP contribution in [0.4, 0.5) is 0 Å². The van der Waals surface area contributed by atoms with Crippen molar-refractivity contribution in [3.05, 3.63) is 151 Å².